The number of hydrogen-bond acceptors (Lipinski definition) is 5. The minimum atomic E-state index is -0.363. The summed E-state index contributed by atoms with van der Waals surface area (Å²) in [5.74, 6) is 0.335. The van der Waals surface area contributed by atoms with E-state index >= 15 is 0 Å². The maximum absolute atomic E-state index is 11.3. The van der Waals surface area contributed by atoms with Crippen LogP contribution in [0.5, 0.6) is 0 Å². The van der Waals surface area contributed by atoms with Crippen LogP contribution < -0.4 is 0 Å². The van der Waals surface area contributed by atoms with Gasteiger partial charge < -0.3 is 9.30 Å². The van der Waals surface area contributed by atoms with E-state index in [1.165, 1.54) is 13.0 Å². The number of esters is 1. The van der Waals surface area contributed by atoms with Crippen LogP contribution >= 0.6 is 0 Å². The molecule has 0 N–H and O–H groups in total. The lowest BCUT2D eigenvalue weighted by atomic mass is 10.1. The van der Waals surface area contributed by atoms with Gasteiger partial charge in [0.1, 0.15) is 0 Å². The molecule has 2 heterocycles. The monoisotopic (exact) mass is 317 g/mol. The third kappa shape index (κ3) is 2.78. The van der Waals surface area contributed by atoms with E-state index < -0.39 is 0 Å². The van der Waals surface area contributed by atoms with E-state index in [9.17, 15) is 14.9 Å². The lowest BCUT2D eigenvalue weighted by molar-refractivity contribution is -0.385. The quantitative estimate of drug-likeness (QED) is 0.479. The number of benzene rings is 1. The first-order valence-electron chi connectivity index (χ1n) is 7.86. The molecule has 0 saturated heterocycles. The average Bonchev–Trinajstić information content (AvgIpc) is 3.03. The molecule has 122 valence electrons. The van der Waals surface area contributed by atoms with Gasteiger partial charge in [-0.05, 0) is 18.9 Å². The predicted octanol–water partition coefficient (Wildman–Crippen LogP) is 3.30. The van der Waals surface area contributed by atoms with Crippen molar-refractivity contribution in [1.82, 2.24) is 9.55 Å². The Hall–Kier alpha value is -2.44. The van der Waals surface area contributed by atoms with Crippen molar-refractivity contribution < 1.29 is 14.5 Å². The minimum absolute atomic E-state index is 0.117. The largest absolute Gasteiger partial charge is 0.454 e. The number of aryl methyl sites for hydroxylation is 2. The van der Waals surface area contributed by atoms with Gasteiger partial charge in [-0.2, -0.15) is 0 Å². The third-order valence-electron chi connectivity index (χ3n) is 4.19. The molecule has 23 heavy (non-hydrogen) atoms. The zero-order chi connectivity index (χ0) is 16.6. The summed E-state index contributed by atoms with van der Waals surface area (Å²) in [7, 11) is 0. The number of fused-ring (bicyclic) bond motifs is 3. The van der Waals surface area contributed by atoms with E-state index in [2.05, 4.69) is 11.9 Å². The maximum Gasteiger partial charge on any atom is 0.303 e. The lowest BCUT2D eigenvalue weighted by Crippen LogP contribution is -2.06. The molecule has 1 aromatic heterocycles. The lowest BCUT2D eigenvalue weighted by Gasteiger charge is -2.07. The summed E-state index contributed by atoms with van der Waals surface area (Å²) in [4.78, 5) is 26.6. The first-order chi connectivity index (χ1) is 11.0. The van der Waals surface area contributed by atoms with Crippen molar-refractivity contribution in [3.63, 3.8) is 0 Å². The van der Waals surface area contributed by atoms with Gasteiger partial charge >= 0.3 is 5.97 Å². The fraction of sp³-hybridized carbons (Fsp3) is 0.500. The summed E-state index contributed by atoms with van der Waals surface area (Å²) in [6.45, 7) is 4.14. The van der Waals surface area contributed by atoms with Gasteiger partial charge in [0, 0.05) is 31.5 Å². The van der Waals surface area contributed by atoms with Crippen molar-refractivity contribution in [3.05, 3.63) is 33.6 Å². The summed E-state index contributed by atoms with van der Waals surface area (Å²) in [5.41, 5.74) is 2.32. The fourth-order valence-electron chi connectivity index (χ4n) is 3.13. The Labute approximate surface area is 133 Å². The smallest absolute Gasteiger partial charge is 0.303 e. The highest BCUT2D eigenvalue weighted by Crippen LogP contribution is 2.35. The van der Waals surface area contributed by atoms with Crippen LogP contribution in [0, 0.1) is 10.1 Å². The molecule has 1 aliphatic heterocycles. The molecule has 3 rings (SSSR count). The Balaban J connectivity index is 2.08. The molecule has 0 aliphatic carbocycles. The van der Waals surface area contributed by atoms with Gasteiger partial charge in [-0.15, -0.1) is 0 Å². The van der Waals surface area contributed by atoms with Gasteiger partial charge in [-0.25, -0.2) is 4.98 Å². The van der Waals surface area contributed by atoms with E-state index in [1.807, 2.05) is 10.6 Å². The van der Waals surface area contributed by atoms with Gasteiger partial charge in [-0.3, -0.25) is 14.9 Å². The van der Waals surface area contributed by atoms with E-state index in [0.29, 0.717) is 30.7 Å². The van der Waals surface area contributed by atoms with Crippen LogP contribution in [0.4, 0.5) is 5.69 Å². The van der Waals surface area contributed by atoms with Gasteiger partial charge in [0.2, 0.25) is 0 Å². The summed E-state index contributed by atoms with van der Waals surface area (Å²) < 4.78 is 7.29. The Morgan fingerprint density at radius 2 is 2.30 bits per heavy atom. The molecule has 1 aliphatic rings. The first-order valence-corrected chi connectivity index (χ1v) is 7.86. The minimum Gasteiger partial charge on any atom is -0.454 e. The third-order valence-corrected chi connectivity index (χ3v) is 4.19. The van der Waals surface area contributed by atoms with Crippen molar-refractivity contribution in [2.24, 2.45) is 0 Å². The van der Waals surface area contributed by atoms with Crippen molar-refractivity contribution >= 4 is 22.7 Å². The van der Waals surface area contributed by atoms with Crippen molar-refractivity contribution in [3.8, 4) is 0 Å². The molecular formula is C16H19N3O4. The average molecular weight is 317 g/mol. The molecule has 0 spiro atoms. The molecule has 0 radical (unpaired) electrons. The highest BCUT2D eigenvalue weighted by Gasteiger charge is 2.30. The Morgan fingerprint density at radius 3 is 2.96 bits per heavy atom. The number of carbonyl (C=O) groups excluding carboxylic acids is 1. The number of nitrogens with zero attached hydrogens (tertiary/aromatic N) is 3. The van der Waals surface area contributed by atoms with E-state index in [-0.39, 0.29) is 22.7 Å². The number of unbranched alkanes of at least 4 members (excludes halogenated alkanes) is 1. The van der Waals surface area contributed by atoms with E-state index in [0.717, 1.165) is 23.9 Å². The topological polar surface area (TPSA) is 87.3 Å². The number of carbonyl (C=O) groups is 1. The number of imidazole rings is 1. The second-order valence-corrected chi connectivity index (χ2v) is 5.84. The second kappa shape index (κ2) is 5.98. The second-order valence-electron chi connectivity index (χ2n) is 5.84. The highest BCUT2D eigenvalue weighted by molar-refractivity contribution is 5.81. The fourth-order valence-corrected chi connectivity index (χ4v) is 3.13. The van der Waals surface area contributed by atoms with E-state index in [1.54, 1.807) is 0 Å². The van der Waals surface area contributed by atoms with Crippen LogP contribution in [0.3, 0.4) is 0 Å². The first kappa shape index (κ1) is 15.5. The number of aromatic nitrogens is 2. The highest BCUT2D eigenvalue weighted by atomic mass is 16.6. The Kier molecular flexibility index (Phi) is 4.02. The van der Waals surface area contributed by atoms with Crippen molar-refractivity contribution in [2.75, 3.05) is 0 Å². The van der Waals surface area contributed by atoms with Crippen LogP contribution in [0.1, 0.15) is 50.6 Å². The number of nitro groups is 1. The molecule has 1 aromatic carbocycles. The number of hydrogen-bond donors (Lipinski definition) is 0. The van der Waals surface area contributed by atoms with Crippen LogP contribution in [-0.4, -0.2) is 20.4 Å². The Bertz CT molecular complexity index is 781. The number of nitro benzene ring substituents is 1. The van der Waals surface area contributed by atoms with Crippen molar-refractivity contribution in [1.29, 1.82) is 0 Å². The van der Waals surface area contributed by atoms with Crippen LogP contribution in [-0.2, 0) is 22.5 Å². The molecule has 0 saturated carbocycles. The summed E-state index contributed by atoms with van der Waals surface area (Å²) >= 11 is 0. The number of rotatable bonds is 5. The van der Waals surface area contributed by atoms with Gasteiger partial charge in [0.05, 0.1) is 16.0 Å². The van der Waals surface area contributed by atoms with E-state index in [4.69, 9.17) is 4.74 Å². The molecule has 7 nitrogen and oxygen atoms in total. The summed E-state index contributed by atoms with van der Waals surface area (Å²) in [6.07, 6.45) is 2.89. The van der Waals surface area contributed by atoms with Gasteiger partial charge in [0.25, 0.3) is 5.69 Å². The molecule has 0 amide bonds. The molecule has 7 heteroatoms. The predicted molar refractivity (Wildman–Crippen MR) is 84.1 cm³/mol. The standard InChI is InChI=1S/C16H19N3O4/c1-3-4-5-11-8-14-12(9-13(11)19(21)22)17-16-15(23-10(2)20)6-7-18(14)16/h8-9,15H,3-7H2,1-2H3. The maximum atomic E-state index is 11.3. The van der Waals surface area contributed by atoms with Crippen LogP contribution in [0.2, 0.25) is 0 Å². The molecule has 2 aromatic rings. The van der Waals surface area contributed by atoms with Crippen LogP contribution in [0.15, 0.2) is 12.1 Å². The normalized spacial score (nSPS) is 16.5. The molecular weight excluding hydrogens is 298 g/mol. The zero-order valence-electron chi connectivity index (χ0n) is 13.2. The SMILES string of the molecule is CCCCc1cc2c(cc1[N+](=O)[O-])nc1n2CCC1OC(C)=O. The zero-order valence-corrected chi connectivity index (χ0v) is 13.2. The van der Waals surface area contributed by atoms with Crippen molar-refractivity contribution in [2.45, 2.75) is 52.2 Å². The van der Waals surface area contributed by atoms with Gasteiger partial charge in [0.15, 0.2) is 11.9 Å². The molecule has 0 bridgehead atoms. The summed E-state index contributed by atoms with van der Waals surface area (Å²) in [5, 5.41) is 11.3. The summed E-state index contributed by atoms with van der Waals surface area (Å²) in [6, 6.07) is 3.41. The number of ether oxygens (including phenoxy) is 1. The molecule has 0 fully saturated rings. The van der Waals surface area contributed by atoms with Gasteiger partial charge in [-0.1, -0.05) is 13.3 Å². The Morgan fingerprint density at radius 1 is 1.52 bits per heavy atom. The molecule has 1 atom stereocenters. The molecule has 1 unspecified atom stereocenters. The van der Waals surface area contributed by atoms with Crippen LogP contribution in [0.25, 0.3) is 11.0 Å².